The van der Waals surface area contributed by atoms with Crippen LogP contribution in [0.15, 0.2) is 18.2 Å². The number of fused-ring (bicyclic) bond motifs is 1. The third kappa shape index (κ3) is 2.12. The number of hydrogen-bond donors (Lipinski definition) is 1. The third-order valence-corrected chi connectivity index (χ3v) is 3.69. The van der Waals surface area contributed by atoms with Gasteiger partial charge in [-0.15, -0.1) is 0 Å². The Labute approximate surface area is 103 Å². The summed E-state index contributed by atoms with van der Waals surface area (Å²) in [5.41, 5.74) is 7.33. The second-order valence-corrected chi connectivity index (χ2v) is 4.91. The summed E-state index contributed by atoms with van der Waals surface area (Å²) in [6.07, 6.45) is 0.907. The van der Waals surface area contributed by atoms with E-state index in [0.29, 0.717) is 19.1 Å². The van der Waals surface area contributed by atoms with Crippen LogP contribution in [0.3, 0.4) is 0 Å². The predicted octanol–water partition coefficient (Wildman–Crippen LogP) is 2.68. The number of benzene rings is 1. The summed E-state index contributed by atoms with van der Waals surface area (Å²) >= 11 is 0. The molecular formula is C14H21NO2. The van der Waals surface area contributed by atoms with E-state index < -0.39 is 0 Å². The van der Waals surface area contributed by atoms with E-state index in [-0.39, 0.29) is 5.54 Å². The van der Waals surface area contributed by atoms with Crippen molar-refractivity contribution in [2.45, 2.75) is 32.7 Å². The lowest BCUT2D eigenvalue weighted by molar-refractivity contribution is 0.170. The maximum Gasteiger partial charge on any atom is 0.161 e. The van der Waals surface area contributed by atoms with Gasteiger partial charge in [0.1, 0.15) is 13.2 Å². The maximum absolute atomic E-state index is 6.50. The fourth-order valence-corrected chi connectivity index (χ4v) is 2.28. The van der Waals surface area contributed by atoms with Crippen LogP contribution in [0.2, 0.25) is 0 Å². The van der Waals surface area contributed by atoms with Crippen LogP contribution in [0.5, 0.6) is 11.5 Å². The van der Waals surface area contributed by atoms with Gasteiger partial charge in [-0.2, -0.15) is 0 Å². The summed E-state index contributed by atoms with van der Waals surface area (Å²) in [5.74, 6) is 2.02. The van der Waals surface area contributed by atoms with Gasteiger partial charge in [0.15, 0.2) is 11.5 Å². The lowest BCUT2D eigenvalue weighted by Crippen LogP contribution is -2.41. The number of ether oxygens (including phenoxy) is 2. The minimum absolute atomic E-state index is 0.296. The summed E-state index contributed by atoms with van der Waals surface area (Å²) in [4.78, 5) is 0. The molecular weight excluding hydrogens is 214 g/mol. The first-order valence-corrected chi connectivity index (χ1v) is 6.27. The molecule has 1 aromatic rings. The normalized spacial score (nSPS) is 17.9. The Bertz CT molecular complexity index is 403. The van der Waals surface area contributed by atoms with Crippen LogP contribution in [0.25, 0.3) is 0 Å². The molecule has 3 nitrogen and oxygen atoms in total. The summed E-state index contributed by atoms with van der Waals surface area (Å²) in [5, 5.41) is 0. The van der Waals surface area contributed by atoms with Crippen molar-refractivity contribution < 1.29 is 9.47 Å². The van der Waals surface area contributed by atoms with E-state index in [1.165, 1.54) is 0 Å². The van der Waals surface area contributed by atoms with Crippen molar-refractivity contribution in [3.8, 4) is 11.5 Å². The molecule has 0 saturated heterocycles. The Balaban J connectivity index is 2.39. The molecule has 0 bridgehead atoms. The molecule has 0 fully saturated rings. The lowest BCUT2D eigenvalue weighted by atomic mass is 9.78. The highest BCUT2D eigenvalue weighted by Gasteiger charge is 2.30. The zero-order valence-electron chi connectivity index (χ0n) is 10.8. The monoisotopic (exact) mass is 235 g/mol. The van der Waals surface area contributed by atoms with Crippen molar-refractivity contribution in [3.05, 3.63) is 23.8 Å². The SMILES string of the molecule is CCC(N)(c1ccc2c(c1)OCCO2)C(C)C. The van der Waals surface area contributed by atoms with E-state index in [9.17, 15) is 0 Å². The van der Waals surface area contributed by atoms with Gasteiger partial charge in [-0.05, 0) is 30.0 Å². The van der Waals surface area contributed by atoms with Crippen molar-refractivity contribution >= 4 is 0 Å². The molecule has 1 aliphatic heterocycles. The number of hydrogen-bond acceptors (Lipinski definition) is 3. The van der Waals surface area contributed by atoms with E-state index in [1.807, 2.05) is 12.1 Å². The average molecular weight is 235 g/mol. The van der Waals surface area contributed by atoms with E-state index in [1.54, 1.807) is 0 Å². The van der Waals surface area contributed by atoms with E-state index in [0.717, 1.165) is 23.5 Å². The highest BCUT2D eigenvalue weighted by Crippen LogP contribution is 2.37. The van der Waals surface area contributed by atoms with E-state index in [4.69, 9.17) is 15.2 Å². The van der Waals surface area contributed by atoms with Gasteiger partial charge < -0.3 is 15.2 Å². The standard InChI is InChI=1S/C14H21NO2/c1-4-14(15,10(2)3)11-5-6-12-13(9-11)17-8-7-16-12/h5-6,9-10H,4,7-8,15H2,1-3H3. The van der Waals surface area contributed by atoms with Crippen molar-refractivity contribution in [2.24, 2.45) is 11.7 Å². The van der Waals surface area contributed by atoms with Gasteiger partial charge in [-0.1, -0.05) is 26.8 Å². The quantitative estimate of drug-likeness (QED) is 0.876. The minimum atomic E-state index is -0.296. The van der Waals surface area contributed by atoms with Crippen LogP contribution in [-0.2, 0) is 5.54 Å². The molecule has 0 saturated carbocycles. The molecule has 0 aliphatic carbocycles. The minimum Gasteiger partial charge on any atom is -0.486 e. The van der Waals surface area contributed by atoms with Gasteiger partial charge >= 0.3 is 0 Å². The van der Waals surface area contributed by atoms with Gasteiger partial charge in [-0.25, -0.2) is 0 Å². The smallest absolute Gasteiger partial charge is 0.161 e. The summed E-state index contributed by atoms with van der Waals surface area (Å²) in [6, 6.07) is 6.04. The first kappa shape index (κ1) is 12.2. The van der Waals surface area contributed by atoms with Crippen LogP contribution >= 0.6 is 0 Å². The molecule has 1 atom stereocenters. The first-order valence-electron chi connectivity index (χ1n) is 6.27. The van der Waals surface area contributed by atoms with Crippen LogP contribution in [0, 0.1) is 5.92 Å². The number of nitrogens with two attached hydrogens (primary N) is 1. The van der Waals surface area contributed by atoms with Crippen molar-refractivity contribution in [2.75, 3.05) is 13.2 Å². The van der Waals surface area contributed by atoms with Crippen LogP contribution in [0.1, 0.15) is 32.8 Å². The lowest BCUT2D eigenvalue weighted by Gasteiger charge is -2.34. The first-order chi connectivity index (χ1) is 8.08. The molecule has 0 radical (unpaired) electrons. The summed E-state index contributed by atoms with van der Waals surface area (Å²) < 4.78 is 11.1. The Morgan fingerprint density at radius 1 is 1.24 bits per heavy atom. The molecule has 1 aromatic carbocycles. The van der Waals surface area contributed by atoms with Crippen LogP contribution in [-0.4, -0.2) is 13.2 Å². The zero-order valence-corrected chi connectivity index (χ0v) is 10.8. The van der Waals surface area contributed by atoms with Gasteiger partial charge in [-0.3, -0.25) is 0 Å². The zero-order chi connectivity index (χ0) is 12.5. The second kappa shape index (κ2) is 4.57. The second-order valence-electron chi connectivity index (χ2n) is 4.91. The molecule has 3 heteroatoms. The molecule has 2 rings (SSSR count). The highest BCUT2D eigenvalue weighted by molar-refractivity contribution is 5.45. The Morgan fingerprint density at radius 3 is 2.47 bits per heavy atom. The molecule has 2 N–H and O–H groups in total. The van der Waals surface area contributed by atoms with E-state index >= 15 is 0 Å². The predicted molar refractivity (Wildman–Crippen MR) is 68.4 cm³/mol. The molecule has 1 heterocycles. The molecule has 0 amide bonds. The van der Waals surface area contributed by atoms with Gasteiger partial charge in [0, 0.05) is 5.54 Å². The highest BCUT2D eigenvalue weighted by atomic mass is 16.6. The maximum atomic E-state index is 6.50. The average Bonchev–Trinajstić information content (AvgIpc) is 2.37. The van der Waals surface area contributed by atoms with Gasteiger partial charge in [0.05, 0.1) is 0 Å². The molecule has 0 spiro atoms. The van der Waals surface area contributed by atoms with E-state index in [2.05, 4.69) is 26.8 Å². The molecule has 1 unspecified atom stereocenters. The summed E-state index contributed by atoms with van der Waals surface area (Å²) in [7, 11) is 0. The fraction of sp³-hybridized carbons (Fsp3) is 0.571. The van der Waals surface area contributed by atoms with Crippen LogP contribution < -0.4 is 15.2 Å². The topological polar surface area (TPSA) is 44.5 Å². The third-order valence-electron chi connectivity index (χ3n) is 3.69. The molecule has 94 valence electrons. The van der Waals surface area contributed by atoms with Crippen molar-refractivity contribution in [3.63, 3.8) is 0 Å². The largest absolute Gasteiger partial charge is 0.486 e. The Kier molecular flexibility index (Phi) is 3.29. The fourth-order valence-electron chi connectivity index (χ4n) is 2.28. The Morgan fingerprint density at radius 2 is 1.88 bits per heavy atom. The number of rotatable bonds is 3. The summed E-state index contributed by atoms with van der Waals surface area (Å²) in [6.45, 7) is 7.66. The van der Waals surface area contributed by atoms with Crippen LogP contribution in [0.4, 0.5) is 0 Å². The molecule has 1 aliphatic rings. The van der Waals surface area contributed by atoms with Crippen molar-refractivity contribution in [1.29, 1.82) is 0 Å². The molecule has 0 aromatic heterocycles. The Hall–Kier alpha value is -1.22. The molecule has 17 heavy (non-hydrogen) atoms. The van der Waals surface area contributed by atoms with Crippen molar-refractivity contribution in [1.82, 2.24) is 0 Å². The van der Waals surface area contributed by atoms with Gasteiger partial charge in [0.2, 0.25) is 0 Å². The van der Waals surface area contributed by atoms with Gasteiger partial charge in [0.25, 0.3) is 0 Å².